The number of nitrogens with two attached hydrogens (primary N) is 4. The Bertz CT molecular complexity index is 267. The van der Waals surface area contributed by atoms with Crippen LogP contribution in [0.2, 0.25) is 0 Å². The predicted octanol–water partition coefficient (Wildman–Crippen LogP) is -2.35. The van der Waals surface area contributed by atoms with Gasteiger partial charge in [0.15, 0.2) is 0 Å². The molecule has 0 aliphatic heterocycles. The molecule has 0 atom stereocenters. The first-order valence-corrected chi connectivity index (χ1v) is 4.76. The fourth-order valence-corrected chi connectivity index (χ4v) is 0.205. The van der Waals surface area contributed by atoms with Crippen molar-refractivity contribution in [2.45, 2.75) is 0 Å². The number of amidine groups is 4. The van der Waals surface area contributed by atoms with Gasteiger partial charge in [-0.05, 0) is 0 Å². The van der Waals surface area contributed by atoms with Gasteiger partial charge in [-0.1, -0.05) is 20.6 Å². The van der Waals surface area contributed by atoms with E-state index in [4.69, 9.17) is 43.8 Å². The molecule has 110 valence electrons. The van der Waals surface area contributed by atoms with Crippen LogP contribution in [0.15, 0.2) is 20.6 Å². The van der Waals surface area contributed by atoms with E-state index in [-0.39, 0.29) is 0 Å². The minimum absolute atomic E-state index is 0.410. The molecule has 12 N–H and O–H groups in total. The van der Waals surface area contributed by atoms with Gasteiger partial charge < -0.3 is 43.8 Å². The number of oxime groups is 4. The average molecular weight is 335 g/mol. The molecule has 0 saturated carbocycles. The molecule has 0 radical (unpaired) electrons. The van der Waals surface area contributed by atoms with Crippen LogP contribution in [0.5, 0.6) is 0 Å². The normalized spacial score (nSPS) is 12.8. The Morgan fingerprint density at radius 1 is 0.611 bits per heavy atom. The first-order valence-electron chi connectivity index (χ1n) is 3.46. The fourth-order valence-electron chi connectivity index (χ4n) is 0.205. The van der Waals surface area contributed by atoms with Crippen molar-refractivity contribution >= 4 is 33.4 Å². The molecule has 18 heavy (non-hydrogen) atoms. The van der Waals surface area contributed by atoms with Crippen molar-refractivity contribution in [2.24, 2.45) is 43.6 Å². The Morgan fingerprint density at radius 3 is 0.778 bits per heavy atom. The molecule has 0 spiro atoms. The molecule has 0 aliphatic rings. The third kappa shape index (κ3) is 12.0. The average Bonchev–Trinajstić information content (AvgIpc) is 2.46. The van der Waals surface area contributed by atoms with E-state index in [2.05, 4.69) is 45.8 Å². The summed E-state index contributed by atoms with van der Waals surface area (Å²) in [4.78, 5) is 0. The van der Waals surface area contributed by atoms with E-state index in [0.717, 1.165) is 0 Å². The Hall–Kier alpha value is -2.11. The van der Waals surface area contributed by atoms with Crippen molar-refractivity contribution in [3.05, 3.63) is 0 Å². The zero-order chi connectivity index (χ0) is 15.1. The maximum absolute atomic E-state index is 7.83. The molecule has 0 heterocycles. The van der Waals surface area contributed by atoms with Crippen LogP contribution in [0.25, 0.3) is 0 Å². The van der Waals surface area contributed by atoms with Crippen LogP contribution in [0.4, 0.5) is 0 Å². The van der Waals surface area contributed by atoms with E-state index in [9.17, 15) is 0 Å². The molecule has 0 unspecified atom stereocenters. The zero-order valence-electron chi connectivity index (χ0n) is 8.57. The summed E-state index contributed by atoms with van der Waals surface area (Å²) in [6, 6.07) is 0. The summed E-state index contributed by atoms with van der Waals surface area (Å²) in [5.41, 5.74) is 19.2. The summed E-state index contributed by atoms with van der Waals surface area (Å²) in [7, 11) is 4.20. The van der Waals surface area contributed by atoms with Gasteiger partial charge in [-0.2, -0.15) is 0 Å². The number of hydrogen-bond donors (Lipinski definition) is 8. The van der Waals surface area contributed by atoms with E-state index in [0.29, 0.717) is 0 Å². The van der Waals surface area contributed by atoms with Crippen LogP contribution in [-0.4, -0.2) is 44.2 Å². The standard InChI is InChI=1S/2C2H6N4O2.ClH.Cu/c2*3-1(5-7)2(4)6-8;;/h2*7-8H,(H2,3,5)(H2,4,6);1H;/q;;;+1/p-1. The number of halogens is 1. The van der Waals surface area contributed by atoms with Crippen molar-refractivity contribution in [1.29, 1.82) is 0 Å². The molecule has 0 amide bonds. The molecular formula is C4H12ClCuN8O4. The van der Waals surface area contributed by atoms with E-state index in [1.165, 1.54) is 0 Å². The van der Waals surface area contributed by atoms with Gasteiger partial charge in [-0.25, -0.2) is 0 Å². The zero-order valence-corrected chi connectivity index (χ0v) is 10.3. The molecular weight excluding hydrogens is 323 g/mol. The molecule has 14 heteroatoms. The number of rotatable bonds is 0. The van der Waals surface area contributed by atoms with Gasteiger partial charge in [0.2, 0.25) is 23.3 Å². The van der Waals surface area contributed by atoms with Gasteiger partial charge in [-0.3, -0.25) is 0 Å². The molecule has 0 saturated heterocycles. The summed E-state index contributed by atoms with van der Waals surface area (Å²) >= 11 is 3.66. The van der Waals surface area contributed by atoms with Crippen LogP contribution in [0, 0.1) is 0 Å². The SMILES string of the molecule is NC(=NO)C(N)=NO.NC(=NO)C(N)=NO.[Cl][Cu]. The fraction of sp³-hybridized carbons (Fsp3) is 0. The van der Waals surface area contributed by atoms with Crippen molar-refractivity contribution in [3.8, 4) is 0 Å². The quantitative estimate of drug-likeness (QED) is 0.0781. The molecule has 0 aromatic carbocycles. The van der Waals surface area contributed by atoms with Gasteiger partial charge in [0.1, 0.15) is 0 Å². The topological polar surface area (TPSA) is 234 Å². The van der Waals surface area contributed by atoms with Gasteiger partial charge in [0.25, 0.3) is 0 Å². The Kier molecular flexibility index (Phi) is 17.5. The molecule has 0 fully saturated rings. The van der Waals surface area contributed by atoms with Crippen LogP contribution in [0.1, 0.15) is 0 Å². The van der Waals surface area contributed by atoms with Crippen molar-refractivity contribution in [1.82, 2.24) is 0 Å². The number of hydrogen-bond acceptors (Lipinski definition) is 8. The second kappa shape index (κ2) is 14.9. The Balaban J connectivity index is -0.000000219. The van der Waals surface area contributed by atoms with Gasteiger partial charge in [-0.15, -0.1) is 0 Å². The van der Waals surface area contributed by atoms with Gasteiger partial charge in [0, 0.05) is 0 Å². The first-order chi connectivity index (χ1) is 8.44. The monoisotopic (exact) mass is 334 g/mol. The second-order valence-corrected chi connectivity index (χ2v) is 1.94. The molecule has 0 aliphatic carbocycles. The van der Waals surface area contributed by atoms with Crippen molar-refractivity contribution < 1.29 is 35.9 Å². The van der Waals surface area contributed by atoms with E-state index < -0.39 is 23.3 Å². The molecule has 12 nitrogen and oxygen atoms in total. The molecule has 0 aromatic rings. The minimum atomic E-state index is -0.410. The van der Waals surface area contributed by atoms with Crippen LogP contribution in [-0.2, 0) is 15.1 Å². The second-order valence-electron chi connectivity index (χ2n) is 1.94. The summed E-state index contributed by atoms with van der Waals surface area (Å²) in [5.74, 6) is -1.64. The van der Waals surface area contributed by atoms with Crippen molar-refractivity contribution in [3.63, 3.8) is 0 Å². The maximum atomic E-state index is 7.83. The third-order valence-electron chi connectivity index (χ3n) is 0.956. The molecule has 0 aromatic heterocycles. The summed E-state index contributed by atoms with van der Waals surface area (Å²) in [6.45, 7) is 0. The van der Waals surface area contributed by atoms with Crippen LogP contribution >= 0.6 is 10.1 Å². The third-order valence-corrected chi connectivity index (χ3v) is 0.956. The summed E-state index contributed by atoms with van der Waals surface area (Å²) in [6.07, 6.45) is 0. The Morgan fingerprint density at radius 2 is 0.722 bits per heavy atom. The first kappa shape index (κ1) is 21.2. The Labute approximate surface area is 113 Å². The predicted molar refractivity (Wildman–Crippen MR) is 59.5 cm³/mol. The van der Waals surface area contributed by atoms with Gasteiger partial charge in [0.05, 0.1) is 0 Å². The van der Waals surface area contributed by atoms with Crippen molar-refractivity contribution in [2.75, 3.05) is 0 Å². The van der Waals surface area contributed by atoms with Crippen LogP contribution < -0.4 is 22.9 Å². The number of nitrogens with zero attached hydrogens (tertiary/aromatic N) is 4. The van der Waals surface area contributed by atoms with E-state index in [1.807, 2.05) is 0 Å². The van der Waals surface area contributed by atoms with E-state index in [1.54, 1.807) is 0 Å². The van der Waals surface area contributed by atoms with E-state index >= 15 is 0 Å². The molecule has 0 rings (SSSR count). The summed E-state index contributed by atoms with van der Waals surface area (Å²) < 4.78 is 0. The molecule has 0 bridgehead atoms. The van der Waals surface area contributed by atoms with Crippen LogP contribution in [0.3, 0.4) is 0 Å². The van der Waals surface area contributed by atoms with Gasteiger partial charge >= 0.3 is 25.2 Å². The summed E-state index contributed by atoms with van der Waals surface area (Å²) in [5, 5.41) is 41.1.